The molecule has 0 fully saturated rings. The molecule has 2 N–H and O–H groups in total. The van der Waals surface area contributed by atoms with Gasteiger partial charge in [-0.3, -0.25) is 4.98 Å². The summed E-state index contributed by atoms with van der Waals surface area (Å²) in [6.45, 7) is 7.67. The molecule has 1 unspecified atom stereocenters. The van der Waals surface area contributed by atoms with Crippen LogP contribution in [0.25, 0.3) is 0 Å². The van der Waals surface area contributed by atoms with Gasteiger partial charge in [-0.15, -0.1) is 0 Å². The van der Waals surface area contributed by atoms with Gasteiger partial charge in [-0.1, -0.05) is 19.9 Å². The minimum Gasteiger partial charge on any atom is -0.389 e. The highest BCUT2D eigenvalue weighted by molar-refractivity contribution is 5.08. The average Bonchev–Trinajstić information content (AvgIpc) is 2.24. The smallest absolute Gasteiger partial charge is 0.0746 e. The van der Waals surface area contributed by atoms with Crippen molar-refractivity contribution in [3.05, 3.63) is 30.1 Å². The Morgan fingerprint density at radius 2 is 2.24 bits per heavy atom. The molecule has 3 heteroatoms. The molecule has 0 aliphatic carbocycles. The zero-order chi connectivity index (χ0) is 12.7. The van der Waals surface area contributed by atoms with E-state index in [4.69, 9.17) is 0 Å². The zero-order valence-corrected chi connectivity index (χ0v) is 11.1. The third-order valence-electron chi connectivity index (χ3n) is 2.67. The largest absolute Gasteiger partial charge is 0.389 e. The maximum atomic E-state index is 10.1. The molecule has 0 aliphatic heterocycles. The second-order valence-corrected chi connectivity index (χ2v) is 5.38. The molecule has 0 aromatic carbocycles. The van der Waals surface area contributed by atoms with Crippen molar-refractivity contribution in [2.24, 2.45) is 5.92 Å². The minimum absolute atomic E-state index is 0.519. The van der Waals surface area contributed by atoms with Crippen molar-refractivity contribution in [1.29, 1.82) is 0 Å². The Kier molecular flexibility index (Phi) is 5.59. The van der Waals surface area contributed by atoms with Crippen LogP contribution in [0.5, 0.6) is 0 Å². The van der Waals surface area contributed by atoms with Crippen LogP contribution in [0.15, 0.2) is 24.5 Å². The summed E-state index contributed by atoms with van der Waals surface area (Å²) in [6.07, 6.45) is 5.44. The lowest BCUT2D eigenvalue weighted by Gasteiger charge is -2.25. The zero-order valence-electron chi connectivity index (χ0n) is 11.1. The van der Waals surface area contributed by atoms with E-state index in [2.05, 4.69) is 30.2 Å². The minimum atomic E-state index is -0.608. The molecule has 1 aromatic heterocycles. The lowest BCUT2D eigenvalue weighted by atomic mass is 9.94. The number of aliphatic hydroxyl groups is 1. The van der Waals surface area contributed by atoms with Crippen LogP contribution in [-0.2, 0) is 6.42 Å². The van der Waals surface area contributed by atoms with E-state index in [0.717, 1.165) is 19.4 Å². The van der Waals surface area contributed by atoms with E-state index >= 15 is 0 Å². The van der Waals surface area contributed by atoms with Gasteiger partial charge in [-0.05, 0) is 43.9 Å². The fraction of sp³-hybridized carbons (Fsp3) is 0.643. The first-order chi connectivity index (χ1) is 7.99. The lowest BCUT2D eigenvalue weighted by molar-refractivity contribution is 0.0389. The van der Waals surface area contributed by atoms with Crippen molar-refractivity contribution in [1.82, 2.24) is 10.3 Å². The molecule has 1 atom stereocenters. The van der Waals surface area contributed by atoms with Crippen LogP contribution >= 0.6 is 0 Å². The van der Waals surface area contributed by atoms with Crippen LogP contribution in [0.1, 0.15) is 32.8 Å². The third-order valence-corrected chi connectivity index (χ3v) is 2.67. The summed E-state index contributed by atoms with van der Waals surface area (Å²) in [4.78, 5) is 4.07. The van der Waals surface area contributed by atoms with Gasteiger partial charge in [-0.2, -0.15) is 0 Å². The van der Waals surface area contributed by atoms with E-state index in [1.165, 1.54) is 5.56 Å². The van der Waals surface area contributed by atoms with Gasteiger partial charge < -0.3 is 10.4 Å². The van der Waals surface area contributed by atoms with E-state index in [1.807, 2.05) is 19.2 Å². The molecule has 0 bridgehead atoms. The number of pyridine rings is 1. The number of nitrogens with zero attached hydrogens (tertiary/aromatic N) is 1. The molecule has 0 spiro atoms. The summed E-state index contributed by atoms with van der Waals surface area (Å²) in [7, 11) is 0. The molecule has 3 nitrogen and oxygen atoms in total. The van der Waals surface area contributed by atoms with Crippen molar-refractivity contribution in [3.63, 3.8) is 0 Å². The lowest BCUT2D eigenvalue weighted by Crippen LogP contribution is -2.39. The Morgan fingerprint density at radius 1 is 1.47 bits per heavy atom. The van der Waals surface area contributed by atoms with Gasteiger partial charge in [0, 0.05) is 18.9 Å². The van der Waals surface area contributed by atoms with Gasteiger partial charge in [0.15, 0.2) is 0 Å². The molecule has 0 radical (unpaired) electrons. The van der Waals surface area contributed by atoms with E-state index in [9.17, 15) is 5.11 Å². The highest BCUT2D eigenvalue weighted by Gasteiger charge is 2.20. The first kappa shape index (κ1) is 14.1. The van der Waals surface area contributed by atoms with Gasteiger partial charge in [0.2, 0.25) is 0 Å². The Balaban J connectivity index is 2.20. The summed E-state index contributed by atoms with van der Waals surface area (Å²) < 4.78 is 0. The van der Waals surface area contributed by atoms with Crippen molar-refractivity contribution < 1.29 is 5.11 Å². The van der Waals surface area contributed by atoms with Gasteiger partial charge in [0.05, 0.1) is 5.60 Å². The monoisotopic (exact) mass is 236 g/mol. The normalized spacial score (nSPS) is 14.9. The Morgan fingerprint density at radius 3 is 2.82 bits per heavy atom. The molecule has 0 saturated carbocycles. The van der Waals surface area contributed by atoms with Gasteiger partial charge in [-0.25, -0.2) is 0 Å². The van der Waals surface area contributed by atoms with Crippen molar-refractivity contribution in [2.45, 2.75) is 39.2 Å². The fourth-order valence-corrected chi connectivity index (χ4v) is 2.09. The standard InChI is InChI=1S/C14H24N2O/c1-12(2)9-14(3,17)11-16-8-6-13-5-4-7-15-10-13/h4-5,7,10,12,16-17H,6,8-9,11H2,1-3H3. The van der Waals surface area contributed by atoms with Gasteiger partial charge >= 0.3 is 0 Å². The van der Waals surface area contributed by atoms with Crippen LogP contribution in [-0.4, -0.2) is 28.8 Å². The van der Waals surface area contributed by atoms with E-state index in [-0.39, 0.29) is 0 Å². The summed E-state index contributed by atoms with van der Waals surface area (Å²) in [5, 5.41) is 13.4. The van der Waals surface area contributed by atoms with E-state index < -0.39 is 5.60 Å². The first-order valence-electron chi connectivity index (χ1n) is 6.31. The molecule has 17 heavy (non-hydrogen) atoms. The highest BCUT2D eigenvalue weighted by Crippen LogP contribution is 2.14. The molecule has 0 amide bonds. The van der Waals surface area contributed by atoms with Crippen molar-refractivity contribution in [3.8, 4) is 0 Å². The quantitative estimate of drug-likeness (QED) is 0.712. The van der Waals surface area contributed by atoms with Crippen LogP contribution in [0.3, 0.4) is 0 Å². The summed E-state index contributed by atoms with van der Waals surface area (Å²) in [6, 6.07) is 4.02. The topological polar surface area (TPSA) is 45.1 Å². The molecule has 1 rings (SSSR count). The Hall–Kier alpha value is -0.930. The second kappa shape index (κ2) is 6.72. The molecule has 0 aliphatic rings. The predicted molar refractivity (Wildman–Crippen MR) is 70.9 cm³/mol. The summed E-state index contributed by atoms with van der Waals surface area (Å²) >= 11 is 0. The molecule has 96 valence electrons. The summed E-state index contributed by atoms with van der Waals surface area (Å²) in [5.74, 6) is 0.519. The van der Waals surface area contributed by atoms with Crippen LogP contribution in [0, 0.1) is 5.92 Å². The van der Waals surface area contributed by atoms with Crippen LogP contribution in [0.4, 0.5) is 0 Å². The number of hydrogen-bond donors (Lipinski definition) is 2. The Labute approximate surface area is 104 Å². The average molecular weight is 236 g/mol. The van der Waals surface area contributed by atoms with Crippen molar-refractivity contribution >= 4 is 0 Å². The number of nitrogens with one attached hydrogen (secondary N) is 1. The maximum absolute atomic E-state index is 10.1. The van der Waals surface area contributed by atoms with E-state index in [1.54, 1.807) is 6.20 Å². The number of hydrogen-bond acceptors (Lipinski definition) is 3. The van der Waals surface area contributed by atoms with Crippen LogP contribution in [0.2, 0.25) is 0 Å². The van der Waals surface area contributed by atoms with Gasteiger partial charge in [0.1, 0.15) is 0 Å². The highest BCUT2D eigenvalue weighted by atomic mass is 16.3. The van der Waals surface area contributed by atoms with Gasteiger partial charge in [0.25, 0.3) is 0 Å². The van der Waals surface area contributed by atoms with Crippen LogP contribution < -0.4 is 5.32 Å². The predicted octanol–water partition coefficient (Wildman–Crippen LogP) is 2.01. The maximum Gasteiger partial charge on any atom is 0.0746 e. The number of rotatable bonds is 7. The molecule has 1 heterocycles. The number of aromatic nitrogens is 1. The summed E-state index contributed by atoms with van der Waals surface area (Å²) in [5.41, 5.74) is 0.617. The fourth-order valence-electron chi connectivity index (χ4n) is 2.09. The first-order valence-corrected chi connectivity index (χ1v) is 6.31. The second-order valence-electron chi connectivity index (χ2n) is 5.38. The Bertz CT molecular complexity index is 309. The molecule has 0 saturated heterocycles. The van der Waals surface area contributed by atoms with E-state index in [0.29, 0.717) is 12.5 Å². The third kappa shape index (κ3) is 6.39. The molecule has 1 aromatic rings. The molecular weight excluding hydrogens is 212 g/mol. The van der Waals surface area contributed by atoms with Crippen molar-refractivity contribution in [2.75, 3.05) is 13.1 Å². The molecular formula is C14H24N2O. The SMILES string of the molecule is CC(C)CC(C)(O)CNCCc1cccnc1.